The fourth-order valence-corrected chi connectivity index (χ4v) is 3.16. The highest BCUT2D eigenvalue weighted by Crippen LogP contribution is 2.30. The van der Waals surface area contributed by atoms with Crippen molar-refractivity contribution in [3.63, 3.8) is 0 Å². The van der Waals surface area contributed by atoms with Crippen LogP contribution in [0.25, 0.3) is 21.8 Å². The first-order valence-corrected chi connectivity index (χ1v) is 8.43. The first-order chi connectivity index (χ1) is 13.0. The van der Waals surface area contributed by atoms with Gasteiger partial charge in [0.2, 0.25) is 5.91 Å². The zero-order valence-corrected chi connectivity index (χ0v) is 14.5. The van der Waals surface area contributed by atoms with Gasteiger partial charge >= 0.3 is 5.97 Å². The highest BCUT2D eigenvalue weighted by Gasteiger charge is 2.08. The van der Waals surface area contributed by atoms with E-state index in [1.807, 2.05) is 42.5 Å². The number of amides is 1. The maximum absolute atomic E-state index is 11.2. The molecule has 0 saturated carbocycles. The van der Waals surface area contributed by atoms with E-state index in [1.165, 1.54) is 6.92 Å². The van der Waals surface area contributed by atoms with Crippen LogP contribution in [0.1, 0.15) is 17.3 Å². The number of aromatic nitrogens is 1. The molecular weight excluding hydrogens is 342 g/mol. The molecule has 0 aliphatic heterocycles. The van der Waals surface area contributed by atoms with Crippen LogP contribution in [0, 0.1) is 0 Å². The predicted octanol–water partition coefficient (Wildman–Crippen LogP) is 4.72. The average molecular weight is 359 g/mol. The van der Waals surface area contributed by atoms with Crippen LogP contribution in [0.15, 0.2) is 60.7 Å². The Kier molecular flexibility index (Phi) is 4.01. The summed E-state index contributed by atoms with van der Waals surface area (Å²) in [5.41, 5.74) is 4.46. The van der Waals surface area contributed by atoms with E-state index in [0.29, 0.717) is 5.69 Å². The van der Waals surface area contributed by atoms with E-state index in [4.69, 9.17) is 5.11 Å². The molecule has 1 heterocycles. The van der Waals surface area contributed by atoms with Gasteiger partial charge in [0.25, 0.3) is 0 Å². The smallest absolute Gasteiger partial charge is 0.335 e. The van der Waals surface area contributed by atoms with E-state index in [1.54, 1.807) is 18.2 Å². The van der Waals surface area contributed by atoms with Gasteiger partial charge in [-0.1, -0.05) is 12.1 Å². The molecule has 0 bridgehead atoms. The van der Waals surface area contributed by atoms with Crippen molar-refractivity contribution in [1.82, 2.24) is 4.98 Å². The Labute approximate surface area is 154 Å². The van der Waals surface area contributed by atoms with Crippen molar-refractivity contribution >= 4 is 50.7 Å². The van der Waals surface area contributed by atoms with Gasteiger partial charge in [-0.3, -0.25) is 4.79 Å². The summed E-state index contributed by atoms with van der Waals surface area (Å²) < 4.78 is 0. The monoisotopic (exact) mass is 359 g/mol. The summed E-state index contributed by atoms with van der Waals surface area (Å²) in [4.78, 5) is 25.7. The summed E-state index contributed by atoms with van der Waals surface area (Å²) in [6.45, 7) is 1.48. The molecule has 6 nitrogen and oxygen atoms in total. The Morgan fingerprint density at radius 1 is 0.852 bits per heavy atom. The van der Waals surface area contributed by atoms with Crippen LogP contribution >= 0.6 is 0 Å². The number of rotatable bonds is 4. The molecule has 0 radical (unpaired) electrons. The Morgan fingerprint density at radius 2 is 1.63 bits per heavy atom. The number of carbonyl (C=O) groups is 2. The highest BCUT2D eigenvalue weighted by atomic mass is 16.4. The second-order valence-corrected chi connectivity index (χ2v) is 6.34. The van der Waals surface area contributed by atoms with E-state index in [-0.39, 0.29) is 11.5 Å². The molecular formula is C21H17N3O3. The number of aromatic carboxylic acids is 1. The summed E-state index contributed by atoms with van der Waals surface area (Å²) in [5.74, 6) is -1.07. The van der Waals surface area contributed by atoms with E-state index in [2.05, 4.69) is 15.6 Å². The summed E-state index contributed by atoms with van der Waals surface area (Å²) in [6.07, 6.45) is 0. The second kappa shape index (κ2) is 6.49. The number of hydrogen-bond donors (Lipinski definition) is 4. The van der Waals surface area contributed by atoms with Crippen molar-refractivity contribution in [2.75, 3.05) is 10.6 Å². The van der Waals surface area contributed by atoms with E-state index >= 15 is 0 Å². The lowest BCUT2D eigenvalue weighted by Crippen LogP contribution is -2.05. The number of fused-ring (bicyclic) bond motifs is 3. The Hall–Kier alpha value is -3.80. The molecule has 4 aromatic rings. The third-order valence-electron chi connectivity index (χ3n) is 4.32. The second-order valence-electron chi connectivity index (χ2n) is 6.34. The minimum atomic E-state index is -0.958. The number of carboxylic acids is 1. The summed E-state index contributed by atoms with van der Waals surface area (Å²) in [5, 5.41) is 17.2. The quantitative estimate of drug-likeness (QED) is 0.424. The molecule has 0 saturated heterocycles. The normalized spacial score (nSPS) is 10.9. The van der Waals surface area contributed by atoms with Crippen molar-refractivity contribution in [1.29, 1.82) is 0 Å². The number of carbonyl (C=O) groups excluding carboxylic acids is 1. The first-order valence-electron chi connectivity index (χ1n) is 8.43. The summed E-state index contributed by atoms with van der Waals surface area (Å²) in [7, 11) is 0. The lowest BCUT2D eigenvalue weighted by Gasteiger charge is -2.07. The molecule has 27 heavy (non-hydrogen) atoms. The number of carboxylic acid groups (broad SMARTS) is 1. The van der Waals surface area contributed by atoms with Gasteiger partial charge in [-0.05, 0) is 48.5 Å². The van der Waals surface area contributed by atoms with Crippen molar-refractivity contribution < 1.29 is 14.7 Å². The topological polar surface area (TPSA) is 94.2 Å². The summed E-state index contributed by atoms with van der Waals surface area (Å²) >= 11 is 0. The molecule has 4 N–H and O–H groups in total. The van der Waals surface area contributed by atoms with Crippen molar-refractivity contribution in [2.24, 2.45) is 0 Å². The minimum Gasteiger partial charge on any atom is -0.478 e. The van der Waals surface area contributed by atoms with Crippen LogP contribution < -0.4 is 10.6 Å². The minimum absolute atomic E-state index is 0.111. The third kappa shape index (κ3) is 3.32. The molecule has 4 rings (SSSR count). The first kappa shape index (κ1) is 16.7. The van der Waals surface area contributed by atoms with E-state index in [0.717, 1.165) is 33.2 Å². The molecule has 0 unspecified atom stereocenters. The Bertz CT molecular complexity index is 1190. The van der Waals surface area contributed by atoms with Gasteiger partial charge in [0.15, 0.2) is 0 Å². The lowest BCUT2D eigenvalue weighted by atomic mass is 10.1. The van der Waals surface area contributed by atoms with Crippen LogP contribution in [-0.4, -0.2) is 22.0 Å². The molecule has 0 spiro atoms. The molecule has 0 aliphatic carbocycles. The zero-order valence-electron chi connectivity index (χ0n) is 14.5. The van der Waals surface area contributed by atoms with Crippen LogP contribution in [0.5, 0.6) is 0 Å². The number of H-pyrrole nitrogens is 1. The molecule has 1 amide bonds. The van der Waals surface area contributed by atoms with Gasteiger partial charge < -0.3 is 20.7 Å². The fourth-order valence-electron chi connectivity index (χ4n) is 3.16. The fraction of sp³-hybridized carbons (Fsp3) is 0.0476. The largest absolute Gasteiger partial charge is 0.478 e. The maximum Gasteiger partial charge on any atom is 0.335 e. The standard InChI is InChI=1S/C21H17N3O3/c1-12(25)22-16-5-7-17-18-10-15(6-8-19(18)24-20(17)11-16)23-14-4-2-3-13(9-14)21(26)27/h2-11,23-24H,1H3,(H,22,25)(H,26,27). The van der Waals surface area contributed by atoms with Crippen molar-refractivity contribution in [3.05, 3.63) is 66.2 Å². The van der Waals surface area contributed by atoms with Gasteiger partial charge in [0.05, 0.1) is 5.56 Å². The number of aromatic amines is 1. The zero-order chi connectivity index (χ0) is 19.0. The predicted molar refractivity (Wildman–Crippen MR) is 107 cm³/mol. The van der Waals surface area contributed by atoms with Crippen molar-refractivity contribution in [2.45, 2.75) is 6.92 Å². The van der Waals surface area contributed by atoms with Gasteiger partial charge in [0, 0.05) is 45.8 Å². The molecule has 134 valence electrons. The van der Waals surface area contributed by atoms with Gasteiger partial charge in [-0.2, -0.15) is 0 Å². The van der Waals surface area contributed by atoms with Gasteiger partial charge in [0.1, 0.15) is 0 Å². The molecule has 0 aliphatic rings. The molecule has 1 aromatic heterocycles. The molecule has 6 heteroatoms. The number of hydrogen-bond acceptors (Lipinski definition) is 3. The molecule has 3 aromatic carbocycles. The van der Waals surface area contributed by atoms with Crippen LogP contribution in [-0.2, 0) is 4.79 Å². The average Bonchev–Trinajstić information content (AvgIpc) is 2.98. The SMILES string of the molecule is CC(=O)Nc1ccc2c(c1)[nH]c1ccc(Nc3cccc(C(=O)O)c3)cc12. The van der Waals surface area contributed by atoms with Gasteiger partial charge in [-0.25, -0.2) is 4.79 Å². The van der Waals surface area contributed by atoms with E-state index < -0.39 is 5.97 Å². The van der Waals surface area contributed by atoms with Crippen LogP contribution in [0.4, 0.5) is 17.1 Å². The third-order valence-corrected chi connectivity index (χ3v) is 4.32. The Morgan fingerprint density at radius 3 is 2.41 bits per heavy atom. The lowest BCUT2D eigenvalue weighted by molar-refractivity contribution is -0.114. The summed E-state index contributed by atoms with van der Waals surface area (Å²) in [6, 6.07) is 18.3. The number of anilines is 3. The number of nitrogens with one attached hydrogen (secondary N) is 3. The highest BCUT2D eigenvalue weighted by molar-refractivity contribution is 6.09. The van der Waals surface area contributed by atoms with E-state index in [9.17, 15) is 9.59 Å². The van der Waals surface area contributed by atoms with Gasteiger partial charge in [-0.15, -0.1) is 0 Å². The van der Waals surface area contributed by atoms with Crippen LogP contribution in [0.2, 0.25) is 0 Å². The van der Waals surface area contributed by atoms with Crippen LogP contribution in [0.3, 0.4) is 0 Å². The Balaban J connectivity index is 1.71. The maximum atomic E-state index is 11.2. The number of benzene rings is 3. The molecule has 0 fully saturated rings. The molecule has 0 atom stereocenters. The van der Waals surface area contributed by atoms with Crippen molar-refractivity contribution in [3.8, 4) is 0 Å².